The molecule has 0 heterocycles. The third-order valence-corrected chi connectivity index (χ3v) is 4.47. The summed E-state index contributed by atoms with van der Waals surface area (Å²) in [5, 5.41) is 11.4. The molecule has 0 bridgehead atoms. The van der Waals surface area contributed by atoms with Gasteiger partial charge in [0, 0.05) is 5.56 Å². The van der Waals surface area contributed by atoms with Crippen molar-refractivity contribution in [2.75, 3.05) is 13.7 Å². The number of quaternary nitrogens is 1. The average Bonchev–Trinajstić information content (AvgIpc) is 2.60. The first-order valence-electron chi connectivity index (χ1n) is 8.03. The molecule has 0 aliphatic rings. The van der Waals surface area contributed by atoms with Gasteiger partial charge in [-0.25, -0.2) is 4.39 Å². The van der Waals surface area contributed by atoms with Gasteiger partial charge >= 0.3 is 0 Å². The lowest BCUT2D eigenvalue weighted by Gasteiger charge is -2.20. The number of halogens is 2. The van der Waals surface area contributed by atoms with E-state index >= 15 is 0 Å². The van der Waals surface area contributed by atoms with Gasteiger partial charge in [-0.05, 0) is 59.6 Å². The molecule has 0 radical (unpaired) electrons. The fourth-order valence-corrected chi connectivity index (χ4v) is 2.83. The normalized spacial score (nSPS) is 11.4. The van der Waals surface area contributed by atoms with Gasteiger partial charge in [-0.1, -0.05) is 12.1 Å². The van der Waals surface area contributed by atoms with Crippen LogP contribution in [0.1, 0.15) is 25.0 Å². The largest absolute Gasteiger partial charge is 0.493 e. The molecule has 4 nitrogen and oxygen atoms in total. The molecule has 0 saturated heterocycles. The number of benzene rings is 2. The predicted octanol–water partition coefficient (Wildman–Crippen LogP) is 3.01. The Morgan fingerprint density at radius 3 is 2.44 bits per heavy atom. The standard InChI is InChI=1S/C19H23BrFNO3/c1-19(2,12-23)22-10-14-8-16(20)18(17(9-14)24-3)25-11-13-4-6-15(21)7-5-13/h4-9,22-23H,10-12H2,1-3H3/p+1. The Kier molecular flexibility index (Phi) is 6.81. The summed E-state index contributed by atoms with van der Waals surface area (Å²) in [6, 6.07) is 10.1. The Balaban J connectivity index is 2.11. The zero-order valence-corrected chi connectivity index (χ0v) is 16.3. The molecule has 0 aliphatic carbocycles. The van der Waals surface area contributed by atoms with Gasteiger partial charge in [-0.3, -0.25) is 0 Å². The maximum Gasteiger partial charge on any atom is 0.175 e. The third kappa shape index (κ3) is 5.70. The first kappa shape index (κ1) is 19.7. The van der Waals surface area contributed by atoms with Gasteiger partial charge in [-0.15, -0.1) is 0 Å². The minimum atomic E-state index is -0.270. The lowest BCUT2D eigenvalue weighted by molar-refractivity contribution is -0.736. The van der Waals surface area contributed by atoms with E-state index in [9.17, 15) is 9.50 Å². The van der Waals surface area contributed by atoms with Crippen LogP contribution in [0.4, 0.5) is 4.39 Å². The molecule has 0 aromatic heterocycles. The van der Waals surface area contributed by atoms with Gasteiger partial charge in [0.05, 0.1) is 18.2 Å². The van der Waals surface area contributed by atoms with Crippen LogP contribution in [-0.4, -0.2) is 24.4 Å². The van der Waals surface area contributed by atoms with E-state index in [1.54, 1.807) is 19.2 Å². The Bertz CT molecular complexity index is 705. The summed E-state index contributed by atoms with van der Waals surface area (Å²) in [6.07, 6.45) is 0. The number of aliphatic hydroxyl groups excluding tert-OH is 1. The minimum absolute atomic E-state index is 0.101. The van der Waals surface area contributed by atoms with Crippen molar-refractivity contribution in [3.63, 3.8) is 0 Å². The van der Waals surface area contributed by atoms with Crippen LogP contribution in [0.15, 0.2) is 40.9 Å². The topological polar surface area (TPSA) is 55.3 Å². The molecule has 2 rings (SSSR count). The summed E-state index contributed by atoms with van der Waals surface area (Å²) in [7, 11) is 1.59. The Hall–Kier alpha value is -1.63. The van der Waals surface area contributed by atoms with Gasteiger partial charge in [0.15, 0.2) is 11.5 Å². The van der Waals surface area contributed by atoms with Crippen LogP contribution in [0.5, 0.6) is 11.5 Å². The maximum absolute atomic E-state index is 13.0. The highest BCUT2D eigenvalue weighted by Gasteiger charge is 2.20. The van der Waals surface area contributed by atoms with Crippen molar-refractivity contribution in [1.29, 1.82) is 0 Å². The van der Waals surface area contributed by atoms with Crippen LogP contribution in [0.2, 0.25) is 0 Å². The van der Waals surface area contributed by atoms with Crippen LogP contribution < -0.4 is 14.8 Å². The molecule has 0 atom stereocenters. The second-order valence-electron chi connectivity index (χ2n) is 6.58. The summed E-state index contributed by atoms with van der Waals surface area (Å²) in [5.74, 6) is 0.965. The first-order valence-corrected chi connectivity index (χ1v) is 8.83. The number of ether oxygens (including phenoxy) is 2. The summed E-state index contributed by atoms with van der Waals surface area (Å²) < 4.78 is 25.1. The molecule has 2 aromatic rings. The van der Waals surface area contributed by atoms with Crippen LogP contribution in [0.3, 0.4) is 0 Å². The van der Waals surface area contributed by atoms with Crippen LogP contribution in [-0.2, 0) is 13.2 Å². The van der Waals surface area contributed by atoms with Crippen molar-refractivity contribution in [1.82, 2.24) is 0 Å². The summed E-state index contributed by atoms with van der Waals surface area (Å²) >= 11 is 3.53. The van der Waals surface area contributed by atoms with E-state index in [1.165, 1.54) is 12.1 Å². The average molecular weight is 413 g/mol. The Morgan fingerprint density at radius 1 is 1.16 bits per heavy atom. The molecule has 0 unspecified atom stereocenters. The minimum Gasteiger partial charge on any atom is -0.493 e. The van der Waals surface area contributed by atoms with Crippen molar-refractivity contribution < 1.29 is 24.3 Å². The van der Waals surface area contributed by atoms with E-state index in [1.807, 2.05) is 26.0 Å². The molecule has 136 valence electrons. The molecule has 0 amide bonds. The van der Waals surface area contributed by atoms with E-state index in [4.69, 9.17) is 9.47 Å². The summed E-state index contributed by atoms with van der Waals surface area (Å²) in [6.45, 7) is 5.10. The van der Waals surface area contributed by atoms with Gasteiger partial charge in [0.2, 0.25) is 0 Å². The number of methoxy groups -OCH3 is 1. The van der Waals surface area contributed by atoms with Crippen LogP contribution in [0.25, 0.3) is 0 Å². The highest BCUT2D eigenvalue weighted by Crippen LogP contribution is 2.37. The Morgan fingerprint density at radius 2 is 1.84 bits per heavy atom. The van der Waals surface area contributed by atoms with Crippen molar-refractivity contribution in [2.24, 2.45) is 0 Å². The lowest BCUT2D eigenvalue weighted by Crippen LogP contribution is -2.95. The van der Waals surface area contributed by atoms with E-state index in [-0.39, 0.29) is 18.0 Å². The van der Waals surface area contributed by atoms with E-state index in [0.29, 0.717) is 24.7 Å². The quantitative estimate of drug-likeness (QED) is 0.700. The van der Waals surface area contributed by atoms with Gasteiger partial charge in [-0.2, -0.15) is 0 Å². The van der Waals surface area contributed by atoms with Gasteiger partial charge < -0.3 is 19.9 Å². The molecule has 0 saturated carbocycles. The molecular weight excluding hydrogens is 389 g/mol. The molecular formula is C19H24BrFNO3+. The fraction of sp³-hybridized carbons (Fsp3) is 0.368. The monoisotopic (exact) mass is 412 g/mol. The van der Waals surface area contributed by atoms with Crippen LogP contribution >= 0.6 is 15.9 Å². The second-order valence-corrected chi connectivity index (χ2v) is 7.43. The predicted molar refractivity (Wildman–Crippen MR) is 98.2 cm³/mol. The van der Waals surface area contributed by atoms with Gasteiger partial charge in [0.25, 0.3) is 0 Å². The molecule has 2 aromatic carbocycles. The molecule has 3 N–H and O–H groups in total. The van der Waals surface area contributed by atoms with E-state index < -0.39 is 0 Å². The van der Waals surface area contributed by atoms with Crippen molar-refractivity contribution in [2.45, 2.75) is 32.5 Å². The van der Waals surface area contributed by atoms with Crippen molar-refractivity contribution >= 4 is 15.9 Å². The molecule has 0 fully saturated rings. The number of rotatable bonds is 8. The van der Waals surface area contributed by atoms with E-state index in [2.05, 4.69) is 21.2 Å². The smallest absolute Gasteiger partial charge is 0.175 e. The fourth-order valence-electron chi connectivity index (χ4n) is 2.23. The number of aliphatic hydroxyl groups is 1. The number of hydrogen-bond donors (Lipinski definition) is 2. The van der Waals surface area contributed by atoms with Gasteiger partial charge in [0.1, 0.15) is 24.5 Å². The molecule has 0 spiro atoms. The summed E-state index contributed by atoms with van der Waals surface area (Å²) in [5.41, 5.74) is 1.69. The Labute approximate surface area is 156 Å². The lowest BCUT2D eigenvalue weighted by atomic mass is 10.1. The van der Waals surface area contributed by atoms with E-state index in [0.717, 1.165) is 15.6 Å². The second kappa shape index (κ2) is 8.65. The SMILES string of the molecule is COc1cc(C[NH2+]C(C)(C)CO)cc(Br)c1OCc1ccc(F)cc1. The third-order valence-electron chi connectivity index (χ3n) is 3.88. The van der Waals surface area contributed by atoms with Crippen molar-refractivity contribution in [3.05, 3.63) is 57.8 Å². The number of hydrogen-bond acceptors (Lipinski definition) is 3. The maximum atomic E-state index is 13.0. The molecule has 6 heteroatoms. The number of nitrogens with two attached hydrogens (primary N) is 1. The zero-order valence-electron chi connectivity index (χ0n) is 14.7. The molecule has 0 aliphatic heterocycles. The summed E-state index contributed by atoms with van der Waals surface area (Å²) in [4.78, 5) is 0. The highest BCUT2D eigenvalue weighted by molar-refractivity contribution is 9.10. The van der Waals surface area contributed by atoms with Crippen LogP contribution in [0, 0.1) is 5.82 Å². The highest BCUT2D eigenvalue weighted by atomic mass is 79.9. The zero-order chi connectivity index (χ0) is 18.4. The van der Waals surface area contributed by atoms with Crippen molar-refractivity contribution in [3.8, 4) is 11.5 Å². The first-order chi connectivity index (χ1) is 11.8. The molecule has 25 heavy (non-hydrogen) atoms.